The van der Waals surface area contributed by atoms with Gasteiger partial charge in [0.25, 0.3) is 0 Å². The van der Waals surface area contributed by atoms with Crippen LogP contribution in [-0.2, 0) is 14.3 Å². The summed E-state index contributed by atoms with van der Waals surface area (Å²) in [5, 5.41) is 10.7. The largest absolute Gasteiger partial charge is 0.480 e. The highest BCUT2D eigenvalue weighted by molar-refractivity contribution is 5.72. The Kier molecular flexibility index (Phi) is 6.00. The van der Waals surface area contributed by atoms with E-state index >= 15 is 0 Å². The van der Waals surface area contributed by atoms with Crippen LogP contribution >= 0.6 is 0 Å². The molecule has 0 aromatic heterocycles. The first-order valence-electron chi connectivity index (χ1n) is 3.67. The highest BCUT2D eigenvalue weighted by Crippen LogP contribution is 1.80. The average Bonchev–Trinajstić information content (AvgIpc) is 1.95. The molecule has 12 heavy (non-hydrogen) atoms. The van der Waals surface area contributed by atoms with Gasteiger partial charge < -0.3 is 15.2 Å². The summed E-state index contributed by atoms with van der Waals surface area (Å²) < 4.78 is 4.73. The van der Waals surface area contributed by atoms with Gasteiger partial charge in [-0.2, -0.15) is 0 Å². The number of amides is 1. The van der Waals surface area contributed by atoms with E-state index < -0.39 is 5.97 Å². The monoisotopic (exact) mass is 175 g/mol. The van der Waals surface area contributed by atoms with Gasteiger partial charge in [-0.15, -0.1) is 0 Å². The standard InChI is InChI=1S/C7H13NO4/c1-6(9)8-3-2-4-12-5-7(10)11/h2-5H2,1H3,(H,8,9)(H,10,11). The minimum Gasteiger partial charge on any atom is -0.480 e. The van der Waals surface area contributed by atoms with Gasteiger partial charge in [0, 0.05) is 20.1 Å². The fourth-order valence-corrected chi connectivity index (χ4v) is 0.598. The predicted molar refractivity (Wildman–Crippen MR) is 41.8 cm³/mol. The SMILES string of the molecule is CC(=O)NCCCOCC(=O)O. The second-order valence-corrected chi connectivity index (χ2v) is 2.28. The molecule has 2 N–H and O–H groups in total. The van der Waals surface area contributed by atoms with Crippen molar-refractivity contribution in [1.82, 2.24) is 5.32 Å². The van der Waals surface area contributed by atoms with Crippen LogP contribution in [0.4, 0.5) is 0 Å². The van der Waals surface area contributed by atoms with Gasteiger partial charge in [0.15, 0.2) is 0 Å². The van der Waals surface area contributed by atoms with Crippen molar-refractivity contribution in [3.63, 3.8) is 0 Å². The Morgan fingerprint density at radius 2 is 2.17 bits per heavy atom. The minimum atomic E-state index is -0.977. The van der Waals surface area contributed by atoms with Gasteiger partial charge in [-0.25, -0.2) is 4.79 Å². The molecule has 70 valence electrons. The third kappa shape index (κ3) is 8.90. The van der Waals surface area contributed by atoms with Gasteiger partial charge in [0.2, 0.25) is 5.91 Å². The maximum atomic E-state index is 10.3. The van der Waals surface area contributed by atoms with Gasteiger partial charge in [-0.1, -0.05) is 0 Å². The number of hydrogen-bond acceptors (Lipinski definition) is 3. The molecule has 0 aromatic rings. The molecule has 0 fully saturated rings. The molecular weight excluding hydrogens is 162 g/mol. The van der Waals surface area contributed by atoms with Crippen molar-refractivity contribution in [2.24, 2.45) is 0 Å². The molecule has 0 heterocycles. The van der Waals surface area contributed by atoms with Crippen LogP contribution in [0, 0.1) is 0 Å². The van der Waals surface area contributed by atoms with E-state index in [-0.39, 0.29) is 12.5 Å². The van der Waals surface area contributed by atoms with E-state index in [9.17, 15) is 9.59 Å². The summed E-state index contributed by atoms with van der Waals surface area (Å²) in [6.07, 6.45) is 0.632. The van der Waals surface area contributed by atoms with E-state index in [0.717, 1.165) is 0 Å². The number of carbonyl (C=O) groups excluding carboxylic acids is 1. The van der Waals surface area contributed by atoms with Crippen molar-refractivity contribution in [3.8, 4) is 0 Å². The van der Waals surface area contributed by atoms with Crippen LogP contribution in [0.5, 0.6) is 0 Å². The highest BCUT2D eigenvalue weighted by atomic mass is 16.5. The molecule has 0 aromatic carbocycles. The molecular formula is C7H13NO4. The lowest BCUT2D eigenvalue weighted by molar-refractivity contribution is -0.142. The molecule has 5 nitrogen and oxygen atoms in total. The maximum absolute atomic E-state index is 10.3. The van der Waals surface area contributed by atoms with Crippen molar-refractivity contribution in [2.75, 3.05) is 19.8 Å². The number of aliphatic carboxylic acids is 1. The first-order chi connectivity index (χ1) is 5.63. The number of ether oxygens (including phenoxy) is 1. The lowest BCUT2D eigenvalue weighted by atomic mass is 10.4. The fraction of sp³-hybridized carbons (Fsp3) is 0.714. The summed E-state index contributed by atoms with van der Waals surface area (Å²) in [4.78, 5) is 20.3. The second kappa shape index (κ2) is 6.60. The fourth-order valence-electron chi connectivity index (χ4n) is 0.598. The van der Waals surface area contributed by atoms with Crippen LogP contribution in [0.25, 0.3) is 0 Å². The van der Waals surface area contributed by atoms with Crippen molar-refractivity contribution in [2.45, 2.75) is 13.3 Å². The first kappa shape index (κ1) is 10.9. The third-order valence-corrected chi connectivity index (χ3v) is 1.06. The average molecular weight is 175 g/mol. The smallest absolute Gasteiger partial charge is 0.329 e. The zero-order valence-corrected chi connectivity index (χ0v) is 7.00. The number of hydrogen-bond donors (Lipinski definition) is 2. The topological polar surface area (TPSA) is 75.6 Å². The normalized spacial score (nSPS) is 9.42. The van der Waals surface area contributed by atoms with Crippen molar-refractivity contribution >= 4 is 11.9 Å². The van der Waals surface area contributed by atoms with E-state index in [1.54, 1.807) is 0 Å². The Morgan fingerprint density at radius 1 is 1.50 bits per heavy atom. The van der Waals surface area contributed by atoms with Crippen LogP contribution in [0.2, 0.25) is 0 Å². The van der Waals surface area contributed by atoms with Gasteiger partial charge in [0.05, 0.1) is 0 Å². The number of nitrogens with one attached hydrogen (secondary N) is 1. The molecule has 0 atom stereocenters. The quantitative estimate of drug-likeness (QED) is 0.539. The Hall–Kier alpha value is -1.10. The summed E-state index contributed by atoms with van der Waals surface area (Å²) >= 11 is 0. The lowest BCUT2D eigenvalue weighted by Gasteiger charge is -2.01. The van der Waals surface area contributed by atoms with Crippen molar-refractivity contribution in [3.05, 3.63) is 0 Å². The van der Waals surface area contributed by atoms with E-state index in [2.05, 4.69) is 5.32 Å². The van der Waals surface area contributed by atoms with Crippen LogP contribution in [0.15, 0.2) is 0 Å². The summed E-state index contributed by atoms with van der Waals surface area (Å²) in [5.41, 5.74) is 0. The molecule has 0 aliphatic rings. The summed E-state index contributed by atoms with van der Waals surface area (Å²) in [5.74, 6) is -1.07. The summed E-state index contributed by atoms with van der Waals surface area (Å²) in [7, 11) is 0. The number of carboxylic acids is 1. The lowest BCUT2D eigenvalue weighted by Crippen LogP contribution is -2.22. The zero-order valence-electron chi connectivity index (χ0n) is 7.00. The predicted octanol–water partition coefficient (Wildman–Crippen LogP) is -0.386. The van der Waals surface area contributed by atoms with Crippen LogP contribution < -0.4 is 5.32 Å². The third-order valence-electron chi connectivity index (χ3n) is 1.06. The highest BCUT2D eigenvalue weighted by Gasteiger charge is 1.95. The zero-order chi connectivity index (χ0) is 9.40. The van der Waals surface area contributed by atoms with E-state index in [1.165, 1.54) is 6.92 Å². The van der Waals surface area contributed by atoms with Gasteiger partial charge >= 0.3 is 5.97 Å². The van der Waals surface area contributed by atoms with E-state index in [0.29, 0.717) is 19.6 Å². The van der Waals surface area contributed by atoms with Crippen molar-refractivity contribution in [1.29, 1.82) is 0 Å². The maximum Gasteiger partial charge on any atom is 0.329 e. The first-order valence-corrected chi connectivity index (χ1v) is 3.67. The van der Waals surface area contributed by atoms with Crippen LogP contribution in [-0.4, -0.2) is 36.7 Å². The summed E-state index contributed by atoms with van der Waals surface area (Å²) in [6.45, 7) is 2.03. The molecule has 0 aliphatic carbocycles. The molecule has 0 saturated carbocycles. The molecule has 0 radical (unpaired) electrons. The van der Waals surface area contributed by atoms with E-state index in [4.69, 9.17) is 9.84 Å². The molecule has 1 amide bonds. The Bertz CT molecular complexity index is 139. The molecule has 0 unspecified atom stereocenters. The van der Waals surface area contributed by atoms with E-state index in [1.807, 2.05) is 0 Å². The molecule has 0 aliphatic heterocycles. The Morgan fingerprint density at radius 3 is 2.67 bits per heavy atom. The number of carboxylic acid groups (broad SMARTS) is 1. The van der Waals surface area contributed by atoms with Gasteiger partial charge in [0.1, 0.15) is 6.61 Å². The molecule has 0 rings (SSSR count). The Labute approximate surface area is 70.7 Å². The van der Waals surface area contributed by atoms with Crippen molar-refractivity contribution < 1.29 is 19.4 Å². The van der Waals surface area contributed by atoms with Crippen LogP contribution in [0.3, 0.4) is 0 Å². The van der Waals surface area contributed by atoms with Gasteiger partial charge in [-0.3, -0.25) is 4.79 Å². The Balaban J connectivity index is 3.01. The molecule has 0 bridgehead atoms. The number of carbonyl (C=O) groups is 2. The second-order valence-electron chi connectivity index (χ2n) is 2.28. The number of rotatable bonds is 6. The summed E-state index contributed by atoms with van der Waals surface area (Å²) in [6, 6.07) is 0. The van der Waals surface area contributed by atoms with Gasteiger partial charge in [-0.05, 0) is 6.42 Å². The molecule has 0 saturated heterocycles. The van der Waals surface area contributed by atoms with Crippen LogP contribution in [0.1, 0.15) is 13.3 Å². The minimum absolute atomic E-state index is 0.0896. The molecule has 0 spiro atoms. The molecule has 5 heteroatoms.